The van der Waals surface area contributed by atoms with Crippen LogP contribution in [0.5, 0.6) is 0 Å². The normalized spacial score (nSPS) is 10.3. The maximum absolute atomic E-state index is 12.9. The van der Waals surface area contributed by atoms with Crippen molar-refractivity contribution in [1.82, 2.24) is 9.97 Å². The van der Waals surface area contributed by atoms with Gasteiger partial charge < -0.3 is 11.1 Å². The molecule has 0 saturated heterocycles. The molecule has 0 unspecified atom stereocenters. The Bertz CT molecular complexity index is 542. The number of benzene rings is 1. The van der Waals surface area contributed by atoms with E-state index < -0.39 is 0 Å². The van der Waals surface area contributed by atoms with Crippen molar-refractivity contribution in [1.29, 1.82) is 0 Å². The first-order valence-electron chi connectivity index (χ1n) is 5.72. The molecule has 4 nitrogen and oxygen atoms in total. The molecule has 0 spiro atoms. The molecule has 0 fully saturated rings. The Morgan fingerprint density at radius 2 is 2.17 bits per heavy atom. The highest BCUT2D eigenvalue weighted by atomic mass is 19.1. The summed E-state index contributed by atoms with van der Waals surface area (Å²) >= 11 is 0. The van der Waals surface area contributed by atoms with Crippen molar-refractivity contribution < 1.29 is 4.39 Å². The molecule has 3 N–H and O–H groups in total. The molecule has 0 atom stereocenters. The number of anilines is 2. The summed E-state index contributed by atoms with van der Waals surface area (Å²) in [6.07, 6.45) is 2.41. The fraction of sp³-hybridized carbons (Fsp3) is 0.231. The van der Waals surface area contributed by atoms with Crippen LogP contribution < -0.4 is 11.1 Å². The summed E-state index contributed by atoms with van der Waals surface area (Å²) in [5.74, 6) is 0.744. The second-order valence-electron chi connectivity index (χ2n) is 4.05. The van der Waals surface area contributed by atoms with Crippen LogP contribution in [0, 0.1) is 12.7 Å². The number of aromatic nitrogens is 2. The number of nitrogens with one attached hydrogen (secondary N) is 1. The van der Waals surface area contributed by atoms with Crippen molar-refractivity contribution in [2.75, 3.05) is 17.6 Å². The number of halogens is 1. The third-order valence-electron chi connectivity index (χ3n) is 2.68. The molecule has 0 saturated carbocycles. The van der Waals surface area contributed by atoms with Gasteiger partial charge in [-0.05, 0) is 42.7 Å². The summed E-state index contributed by atoms with van der Waals surface area (Å²) in [5, 5.41) is 3.15. The Morgan fingerprint density at radius 1 is 1.33 bits per heavy atom. The van der Waals surface area contributed by atoms with Crippen molar-refractivity contribution >= 4 is 11.8 Å². The fourth-order valence-electron chi connectivity index (χ4n) is 1.74. The minimum absolute atomic E-state index is 0.201. The lowest BCUT2D eigenvalue weighted by molar-refractivity contribution is 0.625. The van der Waals surface area contributed by atoms with Crippen molar-refractivity contribution in [3.8, 4) is 0 Å². The number of rotatable bonds is 4. The van der Waals surface area contributed by atoms with Crippen LogP contribution in [-0.2, 0) is 6.42 Å². The van der Waals surface area contributed by atoms with E-state index in [-0.39, 0.29) is 11.8 Å². The maximum Gasteiger partial charge on any atom is 0.221 e. The van der Waals surface area contributed by atoms with E-state index in [9.17, 15) is 4.39 Å². The first kappa shape index (κ1) is 12.3. The highest BCUT2D eigenvalue weighted by Crippen LogP contribution is 2.11. The van der Waals surface area contributed by atoms with Crippen LogP contribution in [0.3, 0.4) is 0 Å². The van der Waals surface area contributed by atoms with Gasteiger partial charge in [-0.15, -0.1) is 0 Å². The number of hydrogen-bond acceptors (Lipinski definition) is 4. The van der Waals surface area contributed by atoms with Gasteiger partial charge in [0.25, 0.3) is 0 Å². The van der Waals surface area contributed by atoms with Gasteiger partial charge in [-0.3, -0.25) is 0 Å². The predicted molar refractivity (Wildman–Crippen MR) is 69.8 cm³/mol. The van der Waals surface area contributed by atoms with E-state index >= 15 is 0 Å². The zero-order chi connectivity index (χ0) is 13.0. The highest BCUT2D eigenvalue weighted by Gasteiger charge is 2.00. The van der Waals surface area contributed by atoms with E-state index in [1.165, 1.54) is 12.1 Å². The molecule has 1 aromatic carbocycles. The number of nitrogens with two attached hydrogens (primary N) is 1. The summed E-state index contributed by atoms with van der Waals surface area (Å²) in [4.78, 5) is 7.85. The first-order chi connectivity index (χ1) is 8.65. The molecular formula is C13H15FN4. The molecule has 0 aliphatic rings. The van der Waals surface area contributed by atoms with Crippen molar-refractivity contribution in [2.45, 2.75) is 13.3 Å². The molecule has 2 aromatic rings. The van der Waals surface area contributed by atoms with Crippen molar-refractivity contribution in [3.63, 3.8) is 0 Å². The Hall–Kier alpha value is -2.17. The average Bonchev–Trinajstić information content (AvgIpc) is 2.32. The van der Waals surface area contributed by atoms with E-state index in [2.05, 4.69) is 15.3 Å². The van der Waals surface area contributed by atoms with Gasteiger partial charge in [-0.2, -0.15) is 4.98 Å². The predicted octanol–water partition coefficient (Wildman–Crippen LogP) is 2.16. The third kappa shape index (κ3) is 3.16. The quantitative estimate of drug-likeness (QED) is 0.867. The van der Waals surface area contributed by atoms with Crippen LogP contribution >= 0.6 is 0 Å². The molecule has 0 radical (unpaired) electrons. The number of aryl methyl sites for hydroxylation is 1. The van der Waals surface area contributed by atoms with Gasteiger partial charge in [0.1, 0.15) is 11.6 Å². The Kier molecular flexibility index (Phi) is 3.72. The van der Waals surface area contributed by atoms with E-state index in [4.69, 9.17) is 5.73 Å². The topological polar surface area (TPSA) is 63.8 Å². The molecule has 0 aliphatic carbocycles. The Balaban J connectivity index is 1.92. The smallest absolute Gasteiger partial charge is 0.221 e. The average molecular weight is 246 g/mol. The molecule has 18 heavy (non-hydrogen) atoms. The Labute approximate surface area is 105 Å². The van der Waals surface area contributed by atoms with Crippen molar-refractivity contribution in [3.05, 3.63) is 47.4 Å². The molecule has 0 aliphatic heterocycles. The van der Waals surface area contributed by atoms with Gasteiger partial charge in [0.2, 0.25) is 5.95 Å². The van der Waals surface area contributed by atoms with Crippen LogP contribution in [0.25, 0.3) is 0 Å². The van der Waals surface area contributed by atoms with Crippen LogP contribution in [0.4, 0.5) is 16.2 Å². The fourth-order valence-corrected chi connectivity index (χ4v) is 1.74. The van der Waals surface area contributed by atoms with Crippen LogP contribution in [0.2, 0.25) is 0 Å². The SMILES string of the molecule is Cc1cc(F)ccc1CCNc1ccnc(N)n1. The van der Waals surface area contributed by atoms with E-state index in [0.29, 0.717) is 12.4 Å². The summed E-state index contributed by atoms with van der Waals surface area (Å²) in [6.45, 7) is 2.62. The number of nitrogens with zero attached hydrogens (tertiary/aromatic N) is 2. The monoisotopic (exact) mass is 246 g/mol. The summed E-state index contributed by atoms with van der Waals surface area (Å²) in [5.41, 5.74) is 7.55. The lowest BCUT2D eigenvalue weighted by Crippen LogP contribution is -2.08. The van der Waals surface area contributed by atoms with Crippen LogP contribution in [-0.4, -0.2) is 16.5 Å². The van der Waals surface area contributed by atoms with Crippen LogP contribution in [0.15, 0.2) is 30.5 Å². The summed E-state index contributed by atoms with van der Waals surface area (Å²) in [6, 6.07) is 6.58. The van der Waals surface area contributed by atoms with Crippen LogP contribution in [0.1, 0.15) is 11.1 Å². The Morgan fingerprint density at radius 3 is 2.89 bits per heavy atom. The van der Waals surface area contributed by atoms with Gasteiger partial charge >= 0.3 is 0 Å². The van der Waals surface area contributed by atoms with Gasteiger partial charge in [0.15, 0.2) is 0 Å². The molecule has 2 rings (SSSR count). The number of hydrogen-bond donors (Lipinski definition) is 2. The largest absolute Gasteiger partial charge is 0.370 e. The molecule has 0 bridgehead atoms. The molecule has 5 heteroatoms. The first-order valence-corrected chi connectivity index (χ1v) is 5.72. The molecule has 94 valence electrons. The third-order valence-corrected chi connectivity index (χ3v) is 2.68. The summed E-state index contributed by atoms with van der Waals surface area (Å²) < 4.78 is 12.9. The highest BCUT2D eigenvalue weighted by molar-refractivity contribution is 5.37. The zero-order valence-electron chi connectivity index (χ0n) is 10.2. The van der Waals surface area contributed by atoms with E-state index in [1.807, 2.05) is 6.92 Å². The standard InChI is InChI=1S/C13H15FN4/c1-9-8-11(14)3-2-10(9)4-6-16-12-5-7-17-13(15)18-12/h2-3,5,7-8H,4,6H2,1H3,(H3,15,16,17,18). The lowest BCUT2D eigenvalue weighted by atomic mass is 10.1. The van der Waals surface area contributed by atoms with Gasteiger partial charge in [0.05, 0.1) is 0 Å². The van der Waals surface area contributed by atoms with E-state index in [1.54, 1.807) is 18.3 Å². The molecule has 1 aromatic heterocycles. The molecular weight excluding hydrogens is 231 g/mol. The van der Waals surface area contributed by atoms with Gasteiger partial charge in [-0.1, -0.05) is 6.07 Å². The maximum atomic E-state index is 12.9. The number of nitrogen functional groups attached to an aromatic ring is 1. The minimum atomic E-state index is -0.201. The second-order valence-corrected chi connectivity index (χ2v) is 4.05. The van der Waals surface area contributed by atoms with E-state index in [0.717, 1.165) is 17.5 Å². The molecule has 0 amide bonds. The lowest BCUT2D eigenvalue weighted by Gasteiger charge is -2.08. The van der Waals surface area contributed by atoms with Gasteiger partial charge in [-0.25, -0.2) is 9.37 Å². The zero-order valence-corrected chi connectivity index (χ0v) is 10.2. The van der Waals surface area contributed by atoms with Crippen molar-refractivity contribution in [2.24, 2.45) is 0 Å². The molecule has 1 heterocycles. The minimum Gasteiger partial charge on any atom is -0.370 e. The second kappa shape index (κ2) is 5.44. The van der Waals surface area contributed by atoms with Gasteiger partial charge in [0, 0.05) is 12.7 Å². The summed E-state index contributed by atoms with van der Waals surface area (Å²) in [7, 11) is 0.